The van der Waals surface area contributed by atoms with Crippen molar-refractivity contribution in [1.29, 1.82) is 0 Å². The van der Waals surface area contributed by atoms with Crippen LogP contribution in [0.3, 0.4) is 0 Å². The number of halogens is 2. The third-order valence-corrected chi connectivity index (χ3v) is 6.77. The van der Waals surface area contributed by atoms with Crippen LogP contribution < -0.4 is 5.32 Å². The van der Waals surface area contributed by atoms with Crippen LogP contribution in [0.5, 0.6) is 0 Å². The number of hydrogen-bond acceptors (Lipinski definition) is 6. The van der Waals surface area contributed by atoms with Crippen LogP contribution in [0, 0.1) is 0 Å². The van der Waals surface area contributed by atoms with E-state index in [0.29, 0.717) is 16.5 Å². The number of nitrogens with zero attached hydrogens (tertiary/aromatic N) is 1. The second-order valence-electron chi connectivity index (χ2n) is 7.59. The molecule has 1 aliphatic rings. The van der Waals surface area contributed by atoms with Gasteiger partial charge in [0.15, 0.2) is 9.84 Å². The van der Waals surface area contributed by atoms with Crippen LogP contribution in [0.15, 0.2) is 18.2 Å². The van der Waals surface area contributed by atoms with E-state index in [-0.39, 0.29) is 17.9 Å². The van der Waals surface area contributed by atoms with Crippen molar-refractivity contribution in [2.45, 2.75) is 37.6 Å². The van der Waals surface area contributed by atoms with E-state index >= 15 is 0 Å². The van der Waals surface area contributed by atoms with E-state index in [1.165, 1.54) is 13.4 Å². The van der Waals surface area contributed by atoms with Crippen molar-refractivity contribution in [1.82, 2.24) is 10.2 Å². The maximum atomic E-state index is 12.6. The van der Waals surface area contributed by atoms with Gasteiger partial charge in [-0.2, -0.15) is 0 Å². The van der Waals surface area contributed by atoms with Crippen molar-refractivity contribution in [3.63, 3.8) is 0 Å². The highest BCUT2D eigenvalue weighted by atomic mass is 35.5. The lowest BCUT2D eigenvalue weighted by Gasteiger charge is -2.35. The van der Waals surface area contributed by atoms with Crippen LogP contribution in [-0.4, -0.2) is 64.2 Å². The number of ether oxygens (including phenoxy) is 1. The van der Waals surface area contributed by atoms with Gasteiger partial charge in [-0.3, -0.25) is 4.79 Å². The van der Waals surface area contributed by atoms with Crippen molar-refractivity contribution in [3.8, 4) is 0 Å². The van der Waals surface area contributed by atoms with Gasteiger partial charge in [-0.1, -0.05) is 29.3 Å². The molecule has 1 heterocycles. The number of methoxy groups -OCH3 is 1. The summed E-state index contributed by atoms with van der Waals surface area (Å²) in [4.78, 5) is 14.8. The number of esters is 1. The third kappa shape index (κ3) is 6.32. The van der Waals surface area contributed by atoms with Gasteiger partial charge in [0, 0.05) is 12.3 Å². The molecule has 0 saturated carbocycles. The lowest BCUT2D eigenvalue weighted by atomic mass is 9.79. The molecule has 0 amide bonds. The molecule has 9 heteroatoms. The highest BCUT2D eigenvalue weighted by Gasteiger charge is 2.37. The van der Waals surface area contributed by atoms with Crippen LogP contribution in [0.2, 0.25) is 10.0 Å². The van der Waals surface area contributed by atoms with Gasteiger partial charge in [0.1, 0.15) is 0 Å². The Balaban J connectivity index is 1.97. The van der Waals surface area contributed by atoms with Crippen LogP contribution in [0.1, 0.15) is 31.7 Å². The number of piperidine rings is 1. The van der Waals surface area contributed by atoms with E-state index in [2.05, 4.69) is 10.2 Å². The second-order valence-corrected chi connectivity index (χ2v) is 10.5. The first-order valence-electron chi connectivity index (χ1n) is 9.22. The van der Waals surface area contributed by atoms with Gasteiger partial charge in [0.25, 0.3) is 0 Å². The standard InChI is InChI=1S/C19H28Cl2N2O4S/c1-19(18(24)27-2,14-4-5-16(20)17(21)12-14)8-11-23-9-6-15(7-10-23)22-13-28(3,25)26/h4-5,12,15,22H,6-11,13H2,1-3H3. The summed E-state index contributed by atoms with van der Waals surface area (Å²) in [5.41, 5.74) is -0.0487. The summed E-state index contributed by atoms with van der Waals surface area (Å²) in [7, 11) is -1.63. The maximum absolute atomic E-state index is 12.6. The molecule has 0 spiro atoms. The van der Waals surface area contributed by atoms with Crippen LogP contribution in [0.4, 0.5) is 0 Å². The number of carbonyl (C=O) groups is 1. The minimum absolute atomic E-state index is 0.00933. The quantitative estimate of drug-likeness (QED) is 0.613. The molecule has 1 aromatic carbocycles. The van der Waals surface area contributed by atoms with E-state index < -0.39 is 15.3 Å². The predicted molar refractivity (Wildman–Crippen MR) is 113 cm³/mol. The fourth-order valence-corrected chi connectivity index (χ4v) is 4.28. The van der Waals surface area contributed by atoms with Crippen molar-refractivity contribution in [2.24, 2.45) is 0 Å². The molecule has 1 atom stereocenters. The molecule has 1 saturated heterocycles. The topological polar surface area (TPSA) is 75.7 Å². The zero-order chi connectivity index (χ0) is 20.9. The average Bonchev–Trinajstić information content (AvgIpc) is 2.66. The molecule has 158 valence electrons. The zero-order valence-electron chi connectivity index (χ0n) is 16.5. The van der Waals surface area contributed by atoms with Gasteiger partial charge in [0.2, 0.25) is 0 Å². The highest BCUT2D eigenvalue weighted by molar-refractivity contribution is 7.90. The maximum Gasteiger partial charge on any atom is 0.316 e. The summed E-state index contributed by atoms with van der Waals surface area (Å²) < 4.78 is 27.6. The van der Waals surface area contributed by atoms with E-state index in [1.54, 1.807) is 12.1 Å². The van der Waals surface area contributed by atoms with Gasteiger partial charge in [-0.15, -0.1) is 0 Å². The largest absolute Gasteiger partial charge is 0.468 e. The summed E-state index contributed by atoms with van der Waals surface area (Å²) in [6.07, 6.45) is 3.55. The molecule has 1 fully saturated rings. The average molecular weight is 451 g/mol. The Morgan fingerprint density at radius 3 is 2.46 bits per heavy atom. The molecule has 28 heavy (non-hydrogen) atoms. The molecular weight excluding hydrogens is 423 g/mol. The van der Waals surface area contributed by atoms with E-state index in [4.69, 9.17) is 27.9 Å². The van der Waals surface area contributed by atoms with Crippen LogP contribution in [-0.2, 0) is 24.8 Å². The van der Waals surface area contributed by atoms with Crippen molar-refractivity contribution in [2.75, 3.05) is 38.9 Å². The fraction of sp³-hybridized carbons (Fsp3) is 0.632. The minimum atomic E-state index is -3.01. The summed E-state index contributed by atoms with van der Waals surface area (Å²) in [6, 6.07) is 5.43. The third-order valence-electron chi connectivity index (χ3n) is 5.34. The zero-order valence-corrected chi connectivity index (χ0v) is 18.8. The van der Waals surface area contributed by atoms with Gasteiger partial charge < -0.3 is 15.0 Å². The van der Waals surface area contributed by atoms with Gasteiger partial charge in [0.05, 0.1) is 28.4 Å². The van der Waals surface area contributed by atoms with Crippen molar-refractivity contribution in [3.05, 3.63) is 33.8 Å². The number of likely N-dealkylation sites (tertiary alicyclic amines) is 1. The summed E-state index contributed by atoms with van der Waals surface area (Å²) >= 11 is 12.2. The molecule has 2 rings (SSSR count). The molecule has 0 aliphatic carbocycles. The summed E-state index contributed by atoms with van der Waals surface area (Å²) in [5.74, 6) is -0.300. The molecule has 1 aliphatic heterocycles. The Hall–Kier alpha value is -0.860. The minimum Gasteiger partial charge on any atom is -0.468 e. The molecular formula is C19H28Cl2N2O4S. The Labute approximate surface area is 177 Å². The summed E-state index contributed by atoms with van der Waals surface area (Å²) in [6.45, 7) is 4.28. The van der Waals surface area contributed by atoms with Crippen molar-refractivity contribution < 1.29 is 17.9 Å². The number of sulfone groups is 1. The van der Waals surface area contributed by atoms with Gasteiger partial charge in [-0.25, -0.2) is 8.42 Å². The molecule has 1 unspecified atom stereocenters. The van der Waals surface area contributed by atoms with E-state index in [0.717, 1.165) is 38.0 Å². The van der Waals surface area contributed by atoms with E-state index in [1.807, 2.05) is 13.0 Å². The number of benzene rings is 1. The number of nitrogens with one attached hydrogen (secondary N) is 1. The predicted octanol–water partition coefficient (Wildman–Crippen LogP) is 2.87. The first-order chi connectivity index (χ1) is 13.0. The Kier molecular flexibility index (Phi) is 8.16. The molecule has 1 aromatic rings. The molecule has 0 radical (unpaired) electrons. The van der Waals surface area contributed by atoms with Crippen LogP contribution >= 0.6 is 23.2 Å². The lowest BCUT2D eigenvalue weighted by molar-refractivity contribution is -0.147. The lowest BCUT2D eigenvalue weighted by Crippen LogP contribution is -2.45. The van der Waals surface area contributed by atoms with Gasteiger partial charge in [-0.05, 0) is 63.5 Å². The van der Waals surface area contributed by atoms with Crippen molar-refractivity contribution >= 4 is 39.0 Å². The Bertz CT molecular complexity index is 795. The fourth-order valence-electron chi connectivity index (χ4n) is 3.44. The molecule has 1 N–H and O–H groups in total. The Morgan fingerprint density at radius 2 is 1.93 bits per heavy atom. The number of rotatable bonds is 8. The molecule has 0 aromatic heterocycles. The van der Waals surface area contributed by atoms with E-state index in [9.17, 15) is 13.2 Å². The number of hydrogen-bond donors (Lipinski definition) is 1. The number of carbonyl (C=O) groups excluding carboxylic acids is 1. The monoisotopic (exact) mass is 450 g/mol. The summed E-state index contributed by atoms with van der Waals surface area (Å²) in [5, 5.41) is 3.96. The SMILES string of the molecule is COC(=O)C(C)(CCN1CCC(NCS(C)(=O)=O)CC1)c1ccc(Cl)c(Cl)c1. The molecule has 6 nitrogen and oxygen atoms in total. The Morgan fingerprint density at radius 1 is 1.29 bits per heavy atom. The normalized spacial score (nSPS) is 18.6. The van der Waals surface area contributed by atoms with Crippen LogP contribution in [0.25, 0.3) is 0 Å². The first-order valence-corrected chi connectivity index (χ1v) is 12.0. The second kappa shape index (κ2) is 9.76. The smallest absolute Gasteiger partial charge is 0.316 e. The molecule has 0 bridgehead atoms. The highest BCUT2D eigenvalue weighted by Crippen LogP contribution is 2.34. The first kappa shape index (κ1) is 23.4. The van der Waals surface area contributed by atoms with Gasteiger partial charge >= 0.3 is 5.97 Å².